The summed E-state index contributed by atoms with van der Waals surface area (Å²) in [5.41, 5.74) is -0.287. The van der Waals surface area contributed by atoms with E-state index in [0.717, 1.165) is 0 Å². The predicted octanol–water partition coefficient (Wildman–Crippen LogP) is 4.05. The standard InChI is InChI=1S/C38H46N2O10/c1-9-45-27(41)35-25(21-13-17-23(39)18-14-21)36(28(42)46-10-2)33(7)38(30(44)48-12-4)26(22-15-19-24(40)20-16-22)37(29(43)47-11-3,31(35,5)49-33)32(35,6)50-34(36,38)8/h13-20,25-26H,9-12,39-40H2,1-8H3. The van der Waals surface area contributed by atoms with Crippen molar-refractivity contribution in [2.24, 2.45) is 21.7 Å². The fourth-order valence-corrected chi connectivity index (χ4v) is 12.6. The molecule has 0 atom stereocenters. The Labute approximate surface area is 291 Å². The summed E-state index contributed by atoms with van der Waals surface area (Å²) in [6.45, 7) is 13.5. The number of anilines is 2. The molecule has 2 aliphatic carbocycles. The van der Waals surface area contributed by atoms with Gasteiger partial charge in [-0.25, -0.2) is 0 Å². The minimum absolute atomic E-state index is 0.0112. The zero-order valence-electron chi connectivity index (χ0n) is 29.8. The molecule has 12 nitrogen and oxygen atoms in total. The van der Waals surface area contributed by atoms with Crippen molar-refractivity contribution >= 4 is 35.3 Å². The van der Waals surface area contributed by atoms with Crippen LogP contribution in [0.15, 0.2) is 48.5 Å². The largest absolute Gasteiger partial charge is 0.465 e. The zero-order valence-corrected chi connectivity index (χ0v) is 29.8. The van der Waals surface area contributed by atoms with Gasteiger partial charge >= 0.3 is 23.9 Å². The van der Waals surface area contributed by atoms with E-state index in [1.54, 1.807) is 104 Å². The number of esters is 4. The minimum atomic E-state index is -1.86. The van der Waals surface area contributed by atoms with Crippen LogP contribution in [0.2, 0.25) is 0 Å². The molecule has 2 aromatic carbocycles. The Hall–Kier alpha value is -4.16. The van der Waals surface area contributed by atoms with E-state index in [1.807, 2.05) is 0 Å². The third-order valence-electron chi connectivity index (χ3n) is 13.5. The van der Waals surface area contributed by atoms with Crippen molar-refractivity contribution in [2.75, 3.05) is 37.9 Å². The first-order valence-corrected chi connectivity index (χ1v) is 17.4. The van der Waals surface area contributed by atoms with E-state index in [4.69, 9.17) is 39.9 Å². The number of nitrogens with two attached hydrogens (primary N) is 2. The van der Waals surface area contributed by atoms with Gasteiger partial charge in [-0.1, -0.05) is 24.3 Å². The van der Waals surface area contributed by atoms with Crippen molar-refractivity contribution in [3.63, 3.8) is 0 Å². The van der Waals surface area contributed by atoms with Crippen LogP contribution in [0.1, 0.15) is 78.4 Å². The number of rotatable bonds is 10. The molecule has 2 saturated carbocycles. The maximum absolute atomic E-state index is 15.2. The zero-order chi connectivity index (χ0) is 36.5. The lowest BCUT2D eigenvalue weighted by Crippen LogP contribution is -3.14. The molecule has 268 valence electrons. The van der Waals surface area contributed by atoms with Crippen LogP contribution in [0.5, 0.6) is 0 Å². The summed E-state index contributed by atoms with van der Waals surface area (Å²) in [7, 11) is 0. The number of benzene rings is 2. The molecule has 8 bridgehead atoms. The Bertz CT molecular complexity index is 1570. The number of ether oxygens (including phenoxy) is 6. The summed E-state index contributed by atoms with van der Waals surface area (Å²) >= 11 is 0. The molecule has 4 aliphatic heterocycles. The molecular formula is C38H46N2O10. The lowest BCUT2D eigenvalue weighted by Gasteiger charge is -2.99. The van der Waals surface area contributed by atoms with E-state index < -0.39 is 79.8 Å². The highest BCUT2D eigenvalue weighted by Crippen LogP contribution is 3.02. The normalized spacial score (nSPS) is 42.5. The molecule has 12 heteroatoms. The molecule has 6 aliphatic rings. The van der Waals surface area contributed by atoms with E-state index in [9.17, 15) is 0 Å². The number of nitrogen functional groups attached to an aromatic ring is 2. The van der Waals surface area contributed by atoms with Crippen LogP contribution in [0.3, 0.4) is 0 Å². The van der Waals surface area contributed by atoms with Crippen molar-refractivity contribution in [1.29, 1.82) is 0 Å². The lowest BCUT2D eigenvalue weighted by atomic mass is 9.09. The van der Waals surface area contributed by atoms with Crippen LogP contribution in [-0.4, -0.2) is 72.7 Å². The van der Waals surface area contributed by atoms with Crippen LogP contribution >= 0.6 is 0 Å². The molecule has 4 N–H and O–H groups in total. The molecule has 6 fully saturated rings. The van der Waals surface area contributed by atoms with Crippen molar-refractivity contribution in [1.82, 2.24) is 0 Å². The number of carbonyl (C=O) groups is 4. The Morgan fingerprint density at radius 1 is 0.500 bits per heavy atom. The van der Waals surface area contributed by atoms with Crippen LogP contribution < -0.4 is 11.5 Å². The second kappa shape index (κ2) is 10.2. The van der Waals surface area contributed by atoms with Crippen molar-refractivity contribution in [3.8, 4) is 0 Å². The number of hydrogen-bond acceptors (Lipinski definition) is 12. The van der Waals surface area contributed by atoms with Gasteiger partial charge in [-0.2, -0.15) is 0 Å². The quantitative estimate of drug-likeness (QED) is 0.208. The maximum atomic E-state index is 15.2. The smallest absolute Gasteiger partial charge is 0.318 e. The highest BCUT2D eigenvalue weighted by atomic mass is 16.6. The van der Waals surface area contributed by atoms with Crippen LogP contribution in [0, 0.1) is 21.7 Å². The van der Waals surface area contributed by atoms with Crippen molar-refractivity contribution < 1.29 is 47.6 Å². The molecule has 0 amide bonds. The van der Waals surface area contributed by atoms with Crippen LogP contribution in [-0.2, 0) is 47.6 Å². The topological polar surface area (TPSA) is 176 Å². The number of carbonyl (C=O) groups excluding carboxylic acids is 4. The van der Waals surface area contributed by atoms with Gasteiger partial charge in [-0.05, 0) is 90.8 Å². The highest BCUT2D eigenvalue weighted by Gasteiger charge is 3.16. The Balaban J connectivity index is 1.74. The minimum Gasteiger partial charge on any atom is -0.465 e. The van der Waals surface area contributed by atoms with Gasteiger partial charge in [-0.15, -0.1) is 0 Å². The van der Waals surface area contributed by atoms with E-state index in [2.05, 4.69) is 0 Å². The predicted molar refractivity (Wildman–Crippen MR) is 179 cm³/mol. The maximum Gasteiger partial charge on any atom is 0.318 e. The third-order valence-corrected chi connectivity index (χ3v) is 13.5. The summed E-state index contributed by atoms with van der Waals surface area (Å²) in [4.78, 5) is 60.6. The van der Waals surface area contributed by atoms with Crippen molar-refractivity contribution in [3.05, 3.63) is 59.7 Å². The molecule has 0 spiro atoms. The van der Waals surface area contributed by atoms with E-state index in [-0.39, 0.29) is 26.4 Å². The fourth-order valence-electron chi connectivity index (χ4n) is 12.6. The second-order valence-electron chi connectivity index (χ2n) is 14.7. The lowest BCUT2D eigenvalue weighted by molar-refractivity contribution is -0.625. The fraction of sp³-hybridized carbons (Fsp3) is 0.579. The molecule has 4 heterocycles. The van der Waals surface area contributed by atoms with Gasteiger partial charge < -0.3 is 39.9 Å². The molecule has 4 saturated heterocycles. The third kappa shape index (κ3) is 2.86. The summed E-state index contributed by atoms with van der Waals surface area (Å²) in [6.07, 6.45) is 0. The molecule has 2 aromatic rings. The first-order chi connectivity index (χ1) is 23.6. The first kappa shape index (κ1) is 34.3. The summed E-state index contributed by atoms with van der Waals surface area (Å²) in [6, 6.07) is 13.8. The van der Waals surface area contributed by atoms with Gasteiger partial charge in [0.2, 0.25) is 0 Å². The van der Waals surface area contributed by atoms with Gasteiger partial charge in [0.1, 0.15) is 44.1 Å². The van der Waals surface area contributed by atoms with E-state index >= 15 is 19.2 Å². The molecule has 50 heavy (non-hydrogen) atoms. The van der Waals surface area contributed by atoms with Crippen LogP contribution in [0.4, 0.5) is 11.4 Å². The molecular weight excluding hydrogens is 644 g/mol. The summed E-state index contributed by atoms with van der Waals surface area (Å²) < 4.78 is 38.5. The van der Waals surface area contributed by atoms with Gasteiger partial charge in [0.25, 0.3) is 0 Å². The Kier molecular flexibility index (Phi) is 7.01. The second-order valence-corrected chi connectivity index (χ2v) is 14.7. The molecule has 0 aromatic heterocycles. The molecule has 8 rings (SSSR count). The Morgan fingerprint density at radius 2 is 0.720 bits per heavy atom. The van der Waals surface area contributed by atoms with Gasteiger partial charge in [0.15, 0.2) is 0 Å². The van der Waals surface area contributed by atoms with Gasteiger partial charge in [0.05, 0.1) is 26.4 Å². The Morgan fingerprint density at radius 3 is 0.920 bits per heavy atom. The van der Waals surface area contributed by atoms with Crippen molar-refractivity contribution in [2.45, 2.75) is 89.6 Å². The summed E-state index contributed by atoms with van der Waals surface area (Å²) in [5.74, 6) is -5.06. The average molecular weight is 691 g/mol. The number of hydrogen-bond donors (Lipinski definition) is 2. The summed E-state index contributed by atoms with van der Waals surface area (Å²) in [5, 5.41) is 0. The van der Waals surface area contributed by atoms with E-state index in [1.165, 1.54) is 0 Å². The molecule has 0 unspecified atom stereocenters. The SMILES string of the molecule is CCOC(=O)C12C(c3ccc(N)cc3)C3(C(=O)OCC)C4(C)OC1(C)C1(C(=O)OCC)C(c5ccc(N)cc5)C4(C(=O)OCC)C3(C)OC21C. The highest BCUT2D eigenvalue weighted by molar-refractivity contribution is 6.05. The van der Waals surface area contributed by atoms with Crippen LogP contribution in [0.25, 0.3) is 0 Å². The van der Waals surface area contributed by atoms with Gasteiger partial charge in [0, 0.05) is 23.2 Å². The van der Waals surface area contributed by atoms with Gasteiger partial charge in [-0.3, -0.25) is 19.2 Å². The van der Waals surface area contributed by atoms with E-state index in [0.29, 0.717) is 22.5 Å². The molecule has 0 radical (unpaired) electrons. The monoisotopic (exact) mass is 690 g/mol. The average Bonchev–Trinajstić information content (AvgIpc) is 3.04. The first-order valence-electron chi connectivity index (χ1n) is 17.4.